The minimum absolute atomic E-state index is 0.534. The van der Waals surface area contributed by atoms with E-state index < -0.39 is 0 Å². The zero-order chi connectivity index (χ0) is 17.1. The summed E-state index contributed by atoms with van der Waals surface area (Å²) in [6.07, 6.45) is 1.63. The number of hydrogen-bond donors (Lipinski definition) is 0. The Labute approximate surface area is 148 Å². The van der Waals surface area contributed by atoms with Crippen LogP contribution in [-0.2, 0) is 12.3 Å². The average molecular weight is 353 g/mol. The summed E-state index contributed by atoms with van der Waals surface area (Å²) in [6, 6.07) is 13.9. The maximum atomic E-state index is 5.50. The van der Waals surface area contributed by atoms with Gasteiger partial charge >= 0.3 is 0 Å². The summed E-state index contributed by atoms with van der Waals surface area (Å²) in [5.41, 5.74) is 1.16. The molecule has 1 aromatic carbocycles. The first kappa shape index (κ1) is 15.6. The summed E-state index contributed by atoms with van der Waals surface area (Å²) < 4.78 is 13.0. The molecule has 3 heterocycles. The van der Waals surface area contributed by atoms with E-state index in [2.05, 4.69) is 32.5 Å². The molecule has 0 aliphatic rings. The molecule has 8 heteroatoms. The van der Waals surface area contributed by atoms with E-state index >= 15 is 0 Å². The monoisotopic (exact) mass is 353 g/mol. The lowest BCUT2D eigenvalue weighted by atomic mass is 10.2. The van der Waals surface area contributed by atoms with Gasteiger partial charge in [-0.25, -0.2) is 0 Å². The highest BCUT2D eigenvalue weighted by atomic mass is 32.2. The van der Waals surface area contributed by atoms with Gasteiger partial charge in [-0.3, -0.25) is 4.57 Å². The smallest absolute Gasteiger partial charge is 0.226 e. The highest BCUT2D eigenvalue weighted by Crippen LogP contribution is 2.27. The molecule has 3 aromatic heterocycles. The Morgan fingerprint density at radius 1 is 1.00 bits per heavy atom. The SMILES string of the molecule is Cc1nnc(CSc2nnc(-c3ccco3)n2Cc2ccccc2)o1. The lowest BCUT2D eigenvalue weighted by Crippen LogP contribution is -2.04. The molecule has 0 saturated carbocycles. The van der Waals surface area contributed by atoms with E-state index in [-0.39, 0.29) is 0 Å². The summed E-state index contributed by atoms with van der Waals surface area (Å²) in [4.78, 5) is 0. The minimum atomic E-state index is 0.534. The van der Waals surface area contributed by atoms with Gasteiger partial charge in [0, 0.05) is 6.92 Å². The second-order valence-electron chi connectivity index (χ2n) is 5.36. The maximum Gasteiger partial charge on any atom is 0.226 e. The molecule has 4 rings (SSSR count). The molecule has 0 bridgehead atoms. The number of aryl methyl sites for hydroxylation is 1. The van der Waals surface area contributed by atoms with E-state index in [1.54, 1.807) is 13.2 Å². The fraction of sp³-hybridized carbons (Fsp3) is 0.176. The van der Waals surface area contributed by atoms with E-state index in [1.807, 2.05) is 34.9 Å². The van der Waals surface area contributed by atoms with Gasteiger partial charge in [0.1, 0.15) is 0 Å². The number of thioether (sulfide) groups is 1. The molecule has 0 unspecified atom stereocenters. The molecule has 0 radical (unpaired) electrons. The predicted molar refractivity (Wildman–Crippen MR) is 91.9 cm³/mol. The molecule has 0 spiro atoms. The van der Waals surface area contributed by atoms with Gasteiger partial charge in [0.05, 0.1) is 18.6 Å². The van der Waals surface area contributed by atoms with Crippen molar-refractivity contribution in [3.63, 3.8) is 0 Å². The quantitative estimate of drug-likeness (QED) is 0.490. The maximum absolute atomic E-state index is 5.50. The summed E-state index contributed by atoms with van der Waals surface area (Å²) >= 11 is 1.50. The molecule has 0 aliphatic heterocycles. The van der Waals surface area contributed by atoms with Crippen LogP contribution < -0.4 is 0 Å². The Balaban J connectivity index is 1.63. The molecule has 0 fully saturated rings. The van der Waals surface area contributed by atoms with Gasteiger partial charge in [0.2, 0.25) is 17.6 Å². The van der Waals surface area contributed by atoms with Crippen LogP contribution in [-0.4, -0.2) is 25.0 Å². The van der Waals surface area contributed by atoms with Crippen molar-refractivity contribution >= 4 is 11.8 Å². The van der Waals surface area contributed by atoms with Crippen LogP contribution in [0.2, 0.25) is 0 Å². The van der Waals surface area contributed by atoms with E-state index in [9.17, 15) is 0 Å². The number of aromatic nitrogens is 5. The van der Waals surface area contributed by atoms with E-state index in [0.717, 1.165) is 10.7 Å². The van der Waals surface area contributed by atoms with Crippen LogP contribution in [0.15, 0.2) is 62.7 Å². The second-order valence-corrected chi connectivity index (χ2v) is 6.30. The number of rotatable bonds is 6. The van der Waals surface area contributed by atoms with Crippen molar-refractivity contribution in [2.24, 2.45) is 0 Å². The van der Waals surface area contributed by atoms with Crippen LogP contribution in [0.4, 0.5) is 0 Å². The average Bonchev–Trinajstić information content (AvgIpc) is 3.35. The number of nitrogens with zero attached hydrogens (tertiary/aromatic N) is 5. The summed E-state index contributed by atoms with van der Waals surface area (Å²) in [7, 11) is 0. The summed E-state index contributed by atoms with van der Waals surface area (Å²) in [5.74, 6) is 3.03. The van der Waals surface area contributed by atoms with Crippen LogP contribution in [0.25, 0.3) is 11.6 Å². The molecular weight excluding hydrogens is 338 g/mol. The normalized spacial score (nSPS) is 11.1. The second kappa shape index (κ2) is 6.94. The molecular formula is C17H15N5O2S. The van der Waals surface area contributed by atoms with Crippen LogP contribution in [0.5, 0.6) is 0 Å². The highest BCUT2D eigenvalue weighted by Gasteiger charge is 2.17. The first-order valence-electron chi connectivity index (χ1n) is 7.72. The van der Waals surface area contributed by atoms with Crippen LogP contribution >= 0.6 is 11.8 Å². The van der Waals surface area contributed by atoms with Crippen molar-refractivity contribution in [2.75, 3.05) is 0 Å². The van der Waals surface area contributed by atoms with E-state index in [0.29, 0.717) is 35.7 Å². The van der Waals surface area contributed by atoms with Gasteiger partial charge in [0.25, 0.3) is 0 Å². The number of benzene rings is 1. The highest BCUT2D eigenvalue weighted by molar-refractivity contribution is 7.98. The van der Waals surface area contributed by atoms with Crippen molar-refractivity contribution in [3.8, 4) is 11.6 Å². The Hall–Kier alpha value is -2.87. The fourth-order valence-electron chi connectivity index (χ4n) is 2.41. The first-order valence-corrected chi connectivity index (χ1v) is 8.71. The largest absolute Gasteiger partial charge is 0.461 e. The summed E-state index contributed by atoms with van der Waals surface area (Å²) in [6.45, 7) is 2.42. The van der Waals surface area contributed by atoms with Crippen molar-refractivity contribution in [3.05, 3.63) is 66.1 Å². The molecule has 7 nitrogen and oxygen atoms in total. The Morgan fingerprint density at radius 2 is 1.88 bits per heavy atom. The molecule has 0 saturated heterocycles. The van der Waals surface area contributed by atoms with Gasteiger partial charge in [-0.05, 0) is 17.7 Å². The van der Waals surface area contributed by atoms with Crippen LogP contribution in [0.1, 0.15) is 17.3 Å². The summed E-state index contributed by atoms with van der Waals surface area (Å²) in [5, 5.41) is 17.3. The van der Waals surface area contributed by atoms with Crippen molar-refractivity contribution < 1.29 is 8.83 Å². The molecule has 0 aliphatic carbocycles. The Kier molecular flexibility index (Phi) is 4.34. The molecule has 0 amide bonds. The molecule has 126 valence electrons. The van der Waals surface area contributed by atoms with Gasteiger partial charge in [0.15, 0.2) is 10.9 Å². The van der Waals surface area contributed by atoms with E-state index in [4.69, 9.17) is 8.83 Å². The van der Waals surface area contributed by atoms with Crippen LogP contribution in [0, 0.1) is 6.92 Å². The fourth-order valence-corrected chi connectivity index (χ4v) is 3.19. The van der Waals surface area contributed by atoms with E-state index in [1.165, 1.54) is 11.8 Å². The predicted octanol–water partition coefficient (Wildman–Crippen LogP) is 3.57. The van der Waals surface area contributed by atoms with Gasteiger partial charge in [-0.15, -0.1) is 20.4 Å². The third-order valence-corrected chi connectivity index (χ3v) is 4.49. The lowest BCUT2D eigenvalue weighted by molar-refractivity contribution is 0.485. The molecule has 0 N–H and O–H groups in total. The first-order chi connectivity index (χ1) is 12.3. The standard InChI is InChI=1S/C17H15N5O2S/c1-12-18-19-15(24-12)11-25-17-21-20-16(14-8-5-9-23-14)22(17)10-13-6-3-2-4-7-13/h2-9H,10-11H2,1H3. The molecule has 4 aromatic rings. The third-order valence-electron chi connectivity index (χ3n) is 3.53. The third kappa shape index (κ3) is 3.48. The zero-order valence-electron chi connectivity index (χ0n) is 13.5. The van der Waals surface area contributed by atoms with Gasteiger partial charge in [-0.1, -0.05) is 42.1 Å². The Bertz CT molecular complexity index is 947. The van der Waals surface area contributed by atoms with Gasteiger partial charge in [-0.2, -0.15) is 0 Å². The van der Waals surface area contributed by atoms with Crippen molar-refractivity contribution in [1.82, 2.24) is 25.0 Å². The molecule has 0 atom stereocenters. The topological polar surface area (TPSA) is 82.8 Å². The Morgan fingerprint density at radius 3 is 2.60 bits per heavy atom. The van der Waals surface area contributed by atoms with Crippen LogP contribution in [0.3, 0.4) is 0 Å². The van der Waals surface area contributed by atoms with Crippen molar-refractivity contribution in [1.29, 1.82) is 0 Å². The van der Waals surface area contributed by atoms with Crippen molar-refractivity contribution in [2.45, 2.75) is 24.4 Å². The van der Waals surface area contributed by atoms with Gasteiger partial charge < -0.3 is 8.83 Å². The molecule has 25 heavy (non-hydrogen) atoms. The number of hydrogen-bond acceptors (Lipinski definition) is 7. The lowest BCUT2D eigenvalue weighted by Gasteiger charge is -2.08. The minimum Gasteiger partial charge on any atom is -0.461 e. The zero-order valence-corrected chi connectivity index (χ0v) is 14.3. The number of furan rings is 1.